The van der Waals surface area contributed by atoms with Crippen molar-refractivity contribution < 1.29 is 15.0 Å². The van der Waals surface area contributed by atoms with E-state index in [1.54, 1.807) is 0 Å². The molecule has 1 radical (unpaired) electrons. The third-order valence-corrected chi connectivity index (χ3v) is 0. The Morgan fingerprint density at radius 3 is 1.75 bits per heavy atom. The first-order valence-corrected chi connectivity index (χ1v) is 0.632. The predicted octanol–water partition coefficient (Wildman–Crippen LogP) is 0.0949. The van der Waals surface area contributed by atoms with E-state index in [1.165, 1.54) is 0 Å². The Bertz CT molecular complexity index is 26.3. The van der Waals surface area contributed by atoms with E-state index in [-0.39, 0.29) is 0 Å². The Labute approximate surface area is 22.5 Å². The van der Waals surface area contributed by atoms with Crippen LogP contribution in [0.15, 0.2) is 0 Å². The molecule has 4 heavy (non-hydrogen) atoms. The fourth-order valence-corrected chi connectivity index (χ4v) is 0. The van der Waals surface area contributed by atoms with E-state index in [9.17, 15) is 0 Å². The van der Waals surface area contributed by atoms with E-state index in [0.29, 0.717) is 0 Å². The van der Waals surface area contributed by atoms with Gasteiger partial charge >= 0.3 is 6.16 Å². The fraction of sp³-hybridized carbons (Fsp3) is 0. The number of carboxylic acid groups (broad SMARTS) is 1. The summed E-state index contributed by atoms with van der Waals surface area (Å²) >= 11 is 0. The summed E-state index contributed by atoms with van der Waals surface area (Å²) in [6.07, 6.45) is -2.08. The van der Waals surface area contributed by atoms with Crippen LogP contribution in [-0.4, -0.2) is 11.3 Å². The molecule has 0 bridgehead atoms. The van der Waals surface area contributed by atoms with Crippen molar-refractivity contribution >= 4 is 6.16 Å². The van der Waals surface area contributed by atoms with Gasteiger partial charge in [0.25, 0.3) is 0 Å². The van der Waals surface area contributed by atoms with Gasteiger partial charge in [-0.15, -0.1) is 0 Å². The van der Waals surface area contributed by atoms with Crippen LogP contribution in [0, 0.1) is 0 Å². The largest absolute Gasteiger partial charge is 0.547 e. The predicted molar refractivity (Wildman–Crippen MR) is 8.71 cm³/mol. The molecule has 0 aromatic carbocycles. The van der Waals surface area contributed by atoms with Gasteiger partial charge in [-0.2, -0.15) is 0 Å². The minimum absolute atomic E-state index is 2.08. The summed E-state index contributed by atoms with van der Waals surface area (Å²) in [6.45, 7) is 0. The lowest BCUT2D eigenvalue weighted by atomic mass is 11.5. The van der Waals surface area contributed by atoms with Gasteiger partial charge in [-0.3, -0.25) is 0 Å². The molecule has 0 fully saturated rings. The lowest BCUT2D eigenvalue weighted by Crippen LogP contribution is -1.77. The lowest BCUT2D eigenvalue weighted by molar-refractivity contribution is 0.109. The van der Waals surface area contributed by atoms with Crippen LogP contribution in [0.25, 0.3) is 0 Å². The van der Waals surface area contributed by atoms with Crippen LogP contribution in [0.2, 0.25) is 0 Å². The van der Waals surface area contributed by atoms with Crippen LogP contribution in [-0.2, 0) is 5.11 Å². The first-order chi connectivity index (χ1) is 1.73. The average molecular weight is 61.0 g/mol. The van der Waals surface area contributed by atoms with E-state index < -0.39 is 6.16 Å². The second-order valence-electron chi connectivity index (χ2n) is 0.266. The molecule has 0 aliphatic heterocycles. The van der Waals surface area contributed by atoms with E-state index in [1.807, 2.05) is 0 Å². The van der Waals surface area contributed by atoms with Crippen molar-refractivity contribution in [3.8, 4) is 0 Å². The molecule has 0 amide bonds. The van der Waals surface area contributed by atoms with Crippen LogP contribution in [0.3, 0.4) is 0 Å². The molecule has 0 aliphatic carbocycles. The SMILES string of the molecule is [O]C(=O)O. The third-order valence-electron chi connectivity index (χ3n) is 0. The molecule has 3 heteroatoms. The normalized spacial score (nSPS) is 6.00. The fourth-order valence-electron chi connectivity index (χ4n) is 0. The van der Waals surface area contributed by atoms with E-state index >= 15 is 0 Å². The molecule has 0 saturated carbocycles. The van der Waals surface area contributed by atoms with Gasteiger partial charge in [0.05, 0.1) is 0 Å². The topological polar surface area (TPSA) is 57.2 Å². The van der Waals surface area contributed by atoms with Crippen molar-refractivity contribution in [1.82, 2.24) is 0 Å². The highest BCUT2D eigenvalue weighted by atomic mass is 16.6. The summed E-state index contributed by atoms with van der Waals surface area (Å²) in [6, 6.07) is 0. The van der Waals surface area contributed by atoms with Crippen LogP contribution in [0.4, 0.5) is 4.79 Å². The maximum atomic E-state index is 8.44. The number of rotatable bonds is 0. The molecule has 0 heterocycles. The first-order valence-electron chi connectivity index (χ1n) is 0.632. The van der Waals surface area contributed by atoms with Gasteiger partial charge in [-0.1, -0.05) is 0 Å². The molecule has 0 aromatic rings. The van der Waals surface area contributed by atoms with Crippen LogP contribution < -0.4 is 0 Å². The number of hydrogen-bond acceptors (Lipinski definition) is 1. The Hall–Kier alpha value is -0.730. The minimum atomic E-state index is -2.08. The molecule has 0 unspecified atom stereocenters. The molecule has 1 N–H and O–H groups in total. The highest BCUT2D eigenvalue weighted by Gasteiger charge is 1.76. The van der Waals surface area contributed by atoms with E-state index in [0.717, 1.165) is 0 Å². The van der Waals surface area contributed by atoms with Gasteiger partial charge < -0.3 is 5.11 Å². The van der Waals surface area contributed by atoms with Crippen molar-refractivity contribution in [2.45, 2.75) is 0 Å². The molecule has 0 atom stereocenters. The van der Waals surface area contributed by atoms with Crippen LogP contribution in [0.5, 0.6) is 0 Å². The number of hydrogen-bond donors (Lipinski definition) is 1. The van der Waals surface area contributed by atoms with Crippen molar-refractivity contribution in [2.75, 3.05) is 0 Å². The maximum Gasteiger partial charge on any atom is 0.547 e. The summed E-state index contributed by atoms with van der Waals surface area (Å²) in [5.41, 5.74) is 0. The third kappa shape index (κ3) is 0.174. The highest BCUT2D eigenvalue weighted by Crippen LogP contribution is 1.45. The van der Waals surface area contributed by atoms with Crippen molar-refractivity contribution in [2.24, 2.45) is 0 Å². The second-order valence-corrected chi connectivity index (χ2v) is 0.266. The molecule has 0 rings (SSSR count). The average Bonchev–Trinajstić information content (AvgIpc) is 0.811. The van der Waals surface area contributed by atoms with Gasteiger partial charge in [0.1, 0.15) is 0 Å². The monoisotopic (exact) mass is 61.0 g/mol. The van der Waals surface area contributed by atoms with Crippen molar-refractivity contribution in [1.29, 1.82) is 0 Å². The summed E-state index contributed by atoms with van der Waals surface area (Å²) < 4.78 is 0. The standard InChI is InChI=1S/CHO3/c2-1(3)4/h(H,2,3). The second kappa shape index (κ2) is 0.711. The molecule has 0 aromatic heterocycles. The molecule has 23 valence electrons. The highest BCUT2D eigenvalue weighted by molar-refractivity contribution is 5.52. The molecular weight excluding hydrogens is 60.0 g/mol. The van der Waals surface area contributed by atoms with Gasteiger partial charge in [-0.05, 0) is 0 Å². The molecule has 0 spiro atoms. The quantitative estimate of drug-likeness (QED) is 0.431. The Kier molecular flexibility index (Phi) is 0.581. The van der Waals surface area contributed by atoms with Crippen molar-refractivity contribution in [3.05, 3.63) is 0 Å². The first kappa shape index (κ1) is 3.27. The van der Waals surface area contributed by atoms with Gasteiger partial charge in [-0.25, -0.2) is 9.90 Å². The molecule has 3 nitrogen and oxygen atoms in total. The van der Waals surface area contributed by atoms with Gasteiger partial charge in [0, 0.05) is 0 Å². The van der Waals surface area contributed by atoms with Crippen LogP contribution >= 0.6 is 0 Å². The Morgan fingerprint density at radius 2 is 1.75 bits per heavy atom. The maximum absolute atomic E-state index is 8.44. The van der Waals surface area contributed by atoms with Crippen molar-refractivity contribution in [3.63, 3.8) is 0 Å². The van der Waals surface area contributed by atoms with E-state index in [2.05, 4.69) is 0 Å². The zero-order valence-electron chi connectivity index (χ0n) is 1.76. The number of carbonyl (C=O) groups is 1. The van der Waals surface area contributed by atoms with Crippen LogP contribution in [0.1, 0.15) is 0 Å². The van der Waals surface area contributed by atoms with Gasteiger partial charge in [0.2, 0.25) is 0 Å². The summed E-state index contributed by atoms with van der Waals surface area (Å²) in [5.74, 6) is 0. The van der Waals surface area contributed by atoms with Gasteiger partial charge in [0.15, 0.2) is 0 Å². The Morgan fingerprint density at radius 1 is 1.75 bits per heavy atom. The molecular formula is CHO3. The minimum Gasteiger partial charge on any atom is -0.447 e. The molecule has 0 aliphatic rings. The summed E-state index contributed by atoms with van der Waals surface area (Å²) in [4.78, 5) is 8.44. The molecule has 0 saturated heterocycles. The zero-order valence-corrected chi connectivity index (χ0v) is 1.76. The van der Waals surface area contributed by atoms with E-state index in [4.69, 9.17) is 15.0 Å². The lowest BCUT2D eigenvalue weighted by Gasteiger charge is -1.52. The summed E-state index contributed by atoms with van der Waals surface area (Å²) in [5, 5.41) is 15.3. The Balaban J connectivity index is 2.80. The zero-order chi connectivity index (χ0) is 3.58. The smallest absolute Gasteiger partial charge is 0.447 e. The summed E-state index contributed by atoms with van der Waals surface area (Å²) in [7, 11) is 0.